The van der Waals surface area contributed by atoms with E-state index in [0.29, 0.717) is 6.04 Å². The molecule has 2 fully saturated rings. The van der Waals surface area contributed by atoms with E-state index in [1.807, 2.05) is 0 Å². The van der Waals surface area contributed by atoms with Crippen LogP contribution < -0.4 is 10.1 Å². The number of piperidine rings is 1. The lowest BCUT2D eigenvalue weighted by Crippen LogP contribution is -2.41. The molecule has 4 rings (SSSR count). The van der Waals surface area contributed by atoms with Gasteiger partial charge in [-0.3, -0.25) is 4.90 Å². The molecule has 3 heterocycles. The van der Waals surface area contributed by atoms with Crippen LogP contribution in [0.5, 0.6) is 5.75 Å². The van der Waals surface area contributed by atoms with Gasteiger partial charge < -0.3 is 10.1 Å². The quantitative estimate of drug-likeness (QED) is 0.891. The second-order valence-electron chi connectivity index (χ2n) is 6.38. The lowest BCUT2D eigenvalue weighted by Gasteiger charge is -2.24. The van der Waals surface area contributed by atoms with Gasteiger partial charge in [0.1, 0.15) is 17.7 Å². The summed E-state index contributed by atoms with van der Waals surface area (Å²) in [5, 5.41) is 3.63. The van der Waals surface area contributed by atoms with Gasteiger partial charge in [-0.2, -0.15) is 0 Å². The van der Waals surface area contributed by atoms with E-state index < -0.39 is 0 Å². The van der Waals surface area contributed by atoms with E-state index in [9.17, 15) is 4.39 Å². The molecule has 3 aliphatic rings. The van der Waals surface area contributed by atoms with Crippen molar-refractivity contribution in [2.75, 3.05) is 26.2 Å². The molecule has 0 aromatic heterocycles. The van der Waals surface area contributed by atoms with Gasteiger partial charge in [-0.25, -0.2) is 4.39 Å². The van der Waals surface area contributed by atoms with Crippen molar-refractivity contribution < 1.29 is 9.13 Å². The minimum Gasteiger partial charge on any atom is -0.488 e. The second-order valence-corrected chi connectivity index (χ2v) is 6.38. The predicted molar refractivity (Wildman–Crippen MR) is 75.5 cm³/mol. The molecular formula is C16H21FN2O. The minimum absolute atomic E-state index is 0.163. The first-order valence-corrected chi connectivity index (χ1v) is 7.69. The molecule has 2 saturated heterocycles. The number of nitrogens with zero attached hydrogens (tertiary/aromatic N) is 1. The third-order valence-electron chi connectivity index (χ3n) is 4.90. The highest BCUT2D eigenvalue weighted by Crippen LogP contribution is 2.31. The summed E-state index contributed by atoms with van der Waals surface area (Å²) in [6, 6.07) is 5.52. The number of likely N-dealkylation sites (tertiary alicyclic amines) is 1. The van der Waals surface area contributed by atoms with Crippen LogP contribution in [-0.4, -0.2) is 43.2 Å². The first kappa shape index (κ1) is 12.6. The van der Waals surface area contributed by atoms with E-state index >= 15 is 0 Å². The number of rotatable bonds is 2. The average Bonchev–Trinajstić information content (AvgIpc) is 3.00. The van der Waals surface area contributed by atoms with Gasteiger partial charge in [0.25, 0.3) is 0 Å². The van der Waals surface area contributed by atoms with Gasteiger partial charge in [-0.1, -0.05) is 0 Å². The summed E-state index contributed by atoms with van der Waals surface area (Å²) >= 11 is 0. The average molecular weight is 276 g/mol. The lowest BCUT2D eigenvalue weighted by molar-refractivity contribution is 0.165. The monoisotopic (exact) mass is 276 g/mol. The molecule has 3 aliphatic heterocycles. The normalized spacial score (nSPS) is 32.8. The molecule has 3 nitrogen and oxygen atoms in total. The number of nitrogens with one attached hydrogen (secondary N) is 1. The highest BCUT2D eigenvalue weighted by atomic mass is 19.1. The predicted octanol–water partition coefficient (Wildman–Crippen LogP) is 1.81. The van der Waals surface area contributed by atoms with Crippen molar-refractivity contribution in [3.8, 4) is 5.75 Å². The maximum absolute atomic E-state index is 13.2. The summed E-state index contributed by atoms with van der Waals surface area (Å²) in [6.45, 7) is 4.45. The van der Waals surface area contributed by atoms with Crippen molar-refractivity contribution >= 4 is 0 Å². The third-order valence-corrected chi connectivity index (χ3v) is 4.90. The van der Waals surface area contributed by atoms with Crippen LogP contribution in [0.15, 0.2) is 18.2 Å². The van der Waals surface area contributed by atoms with Crippen molar-refractivity contribution in [2.24, 2.45) is 5.92 Å². The Labute approximate surface area is 119 Å². The number of benzene rings is 1. The Hall–Kier alpha value is -1.13. The van der Waals surface area contributed by atoms with Gasteiger partial charge in [0.2, 0.25) is 0 Å². The molecule has 1 aromatic carbocycles. The number of ether oxygens (including phenoxy) is 1. The molecule has 108 valence electrons. The van der Waals surface area contributed by atoms with E-state index in [1.165, 1.54) is 32.0 Å². The fourth-order valence-electron chi connectivity index (χ4n) is 3.96. The van der Waals surface area contributed by atoms with Crippen molar-refractivity contribution in [1.29, 1.82) is 0 Å². The van der Waals surface area contributed by atoms with Crippen molar-refractivity contribution in [1.82, 2.24) is 10.2 Å². The SMILES string of the molecule is Fc1ccc2c(c1)CC(CN1C[C@@H]3CCCN[C@@H]3C1)O2. The summed E-state index contributed by atoms with van der Waals surface area (Å²) in [6.07, 6.45) is 3.68. The molecule has 0 spiro atoms. The van der Waals surface area contributed by atoms with Gasteiger partial charge in [-0.15, -0.1) is 0 Å². The Morgan fingerprint density at radius 1 is 1.35 bits per heavy atom. The lowest BCUT2D eigenvalue weighted by atomic mass is 9.94. The highest BCUT2D eigenvalue weighted by Gasteiger charge is 2.36. The zero-order valence-electron chi connectivity index (χ0n) is 11.6. The first-order valence-electron chi connectivity index (χ1n) is 7.69. The van der Waals surface area contributed by atoms with E-state index in [2.05, 4.69) is 10.2 Å². The maximum Gasteiger partial charge on any atom is 0.123 e. The van der Waals surface area contributed by atoms with Gasteiger partial charge in [0.05, 0.1) is 0 Å². The smallest absolute Gasteiger partial charge is 0.123 e. The highest BCUT2D eigenvalue weighted by molar-refractivity contribution is 5.37. The molecule has 0 aliphatic carbocycles. The van der Waals surface area contributed by atoms with E-state index in [-0.39, 0.29) is 11.9 Å². The Morgan fingerprint density at radius 2 is 2.30 bits per heavy atom. The third kappa shape index (κ3) is 2.31. The Bertz CT molecular complexity index is 493. The molecule has 1 aromatic rings. The van der Waals surface area contributed by atoms with Gasteiger partial charge >= 0.3 is 0 Å². The molecule has 0 amide bonds. The topological polar surface area (TPSA) is 24.5 Å². The van der Waals surface area contributed by atoms with Gasteiger partial charge in [-0.05, 0) is 43.5 Å². The molecular weight excluding hydrogens is 255 g/mol. The number of hydrogen-bond donors (Lipinski definition) is 1. The first-order chi connectivity index (χ1) is 9.78. The fraction of sp³-hybridized carbons (Fsp3) is 0.625. The van der Waals surface area contributed by atoms with Crippen molar-refractivity contribution in [3.63, 3.8) is 0 Å². The Balaban J connectivity index is 1.37. The molecule has 3 atom stereocenters. The number of halogens is 1. The molecule has 4 heteroatoms. The van der Waals surface area contributed by atoms with Crippen LogP contribution in [0.2, 0.25) is 0 Å². The van der Waals surface area contributed by atoms with Crippen LogP contribution >= 0.6 is 0 Å². The summed E-state index contributed by atoms with van der Waals surface area (Å²) in [4.78, 5) is 2.51. The summed E-state index contributed by atoms with van der Waals surface area (Å²) < 4.78 is 19.2. The van der Waals surface area contributed by atoms with E-state index in [1.54, 1.807) is 12.1 Å². The number of fused-ring (bicyclic) bond motifs is 2. The van der Waals surface area contributed by atoms with Crippen LogP contribution in [0, 0.1) is 11.7 Å². The summed E-state index contributed by atoms with van der Waals surface area (Å²) in [5.41, 5.74) is 1.02. The zero-order valence-corrected chi connectivity index (χ0v) is 11.6. The molecule has 0 saturated carbocycles. The molecule has 20 heavy (non-hydrogen) atoms. The molecule has 1 N–H and O–H groups in total. The van der Waals surface area contributed by atoms with Gasteiger partial charge in [0.15, 0.2) is 0 Å². The van der Waals surface area contributed by atoms with E-state index in [4.69, 9.17) is 4.74 Å². The van der Waals surface area contributed by atoms with Crippen molar-refractivity contribution in [3.05, 3.63) is 29.6 Å². The Morgan fingerprint density at radius 3 is 3.20 bits per heavy atom. The van der Waals surface area contributed by atoms with Gasteiger partial charge in [0, 0.05) is 37.7 Å². The minimum atomic E-state index is -0.163. The second kappa shape index (κ2) is 5.01. The molecule has 1 unspecified atom stereocenters. The van der Waals surface area contributed by atoms with Crippen LogP contribution in [0.1, 0.15) is 18.4 Å². The summed E-state index contributed by atoms with van der Waals surface area (Å²) in [5.74, 6) is 1.51. The maximum atomic E-state index is 13.2. The molecule has 0 bridgehead atoms. The zero-order chi connectivity index (χ0) is 13.5. The largest absolute Gasteiger partial charge is 0.488 e. The molecule has 0 radical (unpaired) electrons. The van der Waals surface area contributed by atoms with Crippen LogP contribution in [0.25, 0.3) is 0 Å². The standard InChI is InChI=1S/C16H21FN2O/c17-13-3-4-16-12(6-13)7-14(20-16)9-19-8-11-2-1-5-18-15(11)10-19/h3-4,6,11,14-15,18H,1-2,5,7-10H2/t11-,14?,15+/m0/s1. The fourth-order valence-corrected chi connectivity index (χ4v) is 3.96. The van der Waals surface area contributed by atoms with Crippen LogP contribution in [-0.2, 0) is 6.42 Å². The van der Waals surface area contributed by atoms with Crippen LogP contribution in [0.4, 0.5) is 4.39 Å². The Kier molecular flexibility index (Phi) is 3.15. The van der Waals surface area contributed by atoms with Crippen LogP contribution in [0.3, 0.4) is 0 Å². The van der Waals surface area contributed by atoms with Crippen molar-refractivity contribution in [2.45, 2.75) is 31.4 Å². The van der Waals surface area contributed by atoms with E-state index in [0.717, 1.165) is 36.7 Å². The number of hydrogen-bond acceptors (Lipinski definition) is 3. The summed E-state index contributed by atoms with van der Waals surface area (Å²) in [7, 11) is 0.